The molecule has 0 bridgehead atoms. The Hall–Kier alpha value is -1.98. The van der Waals surface area contributed by atoms with Gasteiger partial charge in [-0.1, -0.05) is 6.07 Å². The Morgan fingerprint density at radius 1 is 1.38 bits per heavy atom. The van der Waals surface area contributed by atoms with E-state index in [0.29, 0.717) is 20.3 Å². The second-order valence-electron chi connectivity index (χ2n) is 3.91. The summed E-state index contributed by atoms with van der Waals surface area (Å²) in [6, 6.07) is 8.14. The van der Waals surface area contributed by atoms with E-state index >= 15 is 0 Å². The first-order valence-electron chi connectivity index (χ1n) is 5.63. The third kappa shape index (κ3) is 3.56. The van der Waals surface area contributed by atoms with Crippen LogP contribution in [0.4, 0.5) is 5.69 Å². The summed E-state index contributed by atoms with van der Waals surface area (Å²) in [6.45, 7) is 0.131. The van der Waals surface area contributed by atoms with Crippen molar-refractivity contribution in [1.29, 1.82) is 5.26 Å². The van der Waals surface area contributed by atoms with Crippen molar-refractivity contribution in [3.05, 3.63) is 60.8 Å². The fraction of sp³-hybridized carbons (Fsp3) is 0.0769. The van der Waals surface area contributed by atoms with Gasteiger partial charge in [-0.05, 0) is 37.9 Å². The van der Waals surface area contributed by atoms with Crippen molar-refractivity contribution in [2.24, 2.45) is 0 Å². The summed E-state index contributed by atoms with van der Waals surface area (Å²) in [5.74, 6) is 0.424. The van der Waals surface area contributed by atoms with Crippen LogP contribution in [0, 0.1) is 21.4 Å². The van der Waals surface area contributed by atoms with Crippen molar-refractivity contribution in [2.45, 2.75) is 6.61 Å². The average Bonchev–Trinajstić information content (AvgIpc) is 2.46. The van der Waals surface area contributed by atoms with Gasteiger partial charge in [0.25, 0.3) is 5.69 Å². The highest BCUT2D eigenvalue weighted by Crippen LogP contribution is 2.37. The monoisotopic (exact) mass is 411 g/mol. The van der Waals surface area contributed by atoms with Crippen LogP contribution in [-0.4, -0.2) is 9.91 Å². The second-order valence-corrected chi connectivity index (χ2v) is 5.62. The van der Waals surface area contributed by atoms with Gasteiger partial charge < -0.3 is 4.74 Å². The Kier molecular flexibility index (Phi) is 4.88. The molecule has 0 saturated carbocycles. The van der Waals surface area contributed by atoms with Gasteiger partial charge in [0.05, 0.1) is 13.9 Å². The Morgan fingerprint density at radius 3 is 2.62 bits per heavy atom. The van der Waals surface area contributed by atoms with Crippen LogP contribution in [0.1, 0.15) is 11.3 Å². The lowest BCUT2D eigenvalue weighted by atomic mass is 10.2. The van der Waals surface area contributed by atoms with Crippen molar-refractivity contribution < 1.29 is 9.66 Å². The van der Waals surface area contributed by atoms with Gasteiger partial charge in [0.2, 0.25) is 0 Å². The number of nitro groups is 1. The molecule has 0 atom stereocenters. The normalized spacial score (nSPS) is 9.95. The van der Waals surface area contributed by atoms with Crippen molar-refractivity contribution in [1.82, 2.24) is 4.98 Å². The molecule has 0 N–H and O–H groups in total. The van der Waals surface area contributed by atoms with E-state index in [1.54, 1.807) is 12.1 Å². The Balaban J connectivity index is 2.25. The number of pyridine rings is 1. The molecule has 1 aromatic heterocycles. The molecule has 1 heterocycles. The molecule has 8 heteroatoms. The second kappa shape index (κ2) is 6.65. The van der Waals surface area contributed by atoms with Crippen molar-refractivity contribution in [3.8, 4) is 11.8 Å². The lowest BCUT2D eigenvalue weighted by molar-refractivity contribution is -0.385. The smallest absolute Gasteiger partial charge is 0.271 e. The third-order valence-corrected chi connectivity index (χ3v) is 3.74. The number of rotatable bonds is 4. The SMILES string of the molecule is N#Cc1ncccc1COc1c(Br)cc([N+](=O)[O-])cc1Br. The van der Waals surface area contributed by atoms with E-state index in [1.807, 2.05) is 6.07 Å². The fourth-order valence-electron chi connectivity index (χ4n) is 1.60. The maximum Gasteiger partial charge on any atom is 0.271 e. The number of nitro benzene ring substituents is 1. The Bertz CT molecular complexity index is 721. The first-order chi connectivity index (χ1) is 10.0. The lowest BCUT2D eigenvalue weighted by Gasteiger charge is -2.10. The average molecular weight is 413 g/mol. The molecular weight excluding hydrogens is 406 g/mol. The highest BCUT2D eigenvalue weighted by Gasteiger charge is 2.15. The lowest BCUT2D eigenvalue weighted by Crippen LogP contribution is -2.01. The molecule has 0 unspecified atom stereocenters. The molecule has 0 aliphatic rings. The van der Waals surface area contributed by atoms with E-state index in [2.05, 4.69) is 36.8 Å². The van der Waals surface area contributed by atoms with E-state index in [-0.39, 0.29) is 18.0 Å². The summed E-state index contributed by atoms with van der Waals surface area (Å²) in [5, 5.41) is 19.7. The van der Waals surface area contributed by atoms with E-state index in [0.717, 1.165) is 0 Å². The number of benzene rings is 1. The van der Waals surface area contributed by atoms with Gasteiger partial charge in [0.15, 0.2) is 0 Å². The van der Waals surface area contributed by atoms with Crippen LogP contribution in [0.2, 0.25) is 0 Å². The molecule has 2 aromatic rings. The van der Waals surface area contributed by atoms with Crippen LogP contribution >= 0.6 is 31.9 Å². The Labute approximate surface area is 136 Å². The zero-order valence-electron chi connectivity index (χ0n) is 10.4. The van der Waals surface area contributed by atoms with Gasteiger partial charge in [-0.2, -0.15) is 5.26 Å². The summed E-state index contributed by atoms with van der Waals surface area (Å²) in [6.07, 6.45) is 1.53. The minimum absolute atomic E-state index is 0.0554. The predicted octanol–water partition coefficient (Wildman–Crippen LogP) is 3.97. The summed E-state index contributed by atoms with van der Waals surface area (Å²) < 4.78 is 6.52. The molecule has 21 heavy (non-hydrogen) atoms. The van der Waals surface area contributed by atoms with E-state index < -0.39 is 4.92 Å². The van der Waals surface area contributed by atoms with Crippen LogP contribution < -0.4 is 4.74 Å². The van der Waals surface area contributed by atoms with E-state index in [9.17, 15) is 10.1 Å². The van der Waals surface area contributed by atoms with E-state index in [1.165, 1.54) is 18.3 Å². The maximum atomic E-state index is 10.8. The van der Waals surface area contributed by atoms with Gasteiger partial charge >= 0.3 is 0 Å². The van der Waals surface area contributed by atoms with Gasteiger partial charge in [-0.15, -0.1) is 0 Å². The zero-order valence-corrected chi connectivity index (χ0v) is 13.6. The van der Waals surface area contributed by atoms with Crippen LogP contribution in [0.25, 0.3) is 0 Å². The maximum absolute atomic E-state index is 10.8. The van der Waals surface area contributed by atoms with Crippen LogP contribution in [0.5, 0.6) is 5.75 Å². The number of hydrogen-bond donors (Lipinski definition) is 0. The largest absolute Gasteiger partial charge is 0.486 e. The number of nitriles is 1. The molecule has 0 fully saturated rings. The third-order valence-electron chi connectivity index (χ3n) is 2.56. The minimum Gasteiger partial charge on any atom is -0.486 e. The van der Waals surface area contributed by atoms with Crippen LogP contribution in [0.15, 0.2) is 39.4 Å². The number of nitrogens with zero attached hydrogens (tertiary/aromatic N) is 3. The molecule has 106 valence electrons. The van der Waals surface area contributed by atoms with Crippen molar-refractivity contribution in [3.63, 3.8) is 0 Å². The number of hydrogen-bond acceptors (Lipinski definition) is 5. The zero-order chi connectivity index (χ0) is 15.4. The summed E-state index contributed by atoms with van der Waals surface area (Å²) in [5.41, 5.74) is 0.865. The number of ether oxygens (including phenoxy) is 1. The van der Waals surface area contributed by atoms with Gasteiger partial charge in [-0.25, -0.2) is 4.98 Å². The number of halogens is 2. The fourth-order valence-corrected chi connectivity index (χ4v) is 2.99. The van der Waals surface area contributed by atoms with Crippen molar-refractivity contribution >= 4 is 37.5 Å². The standard InChI is InChI=1S/C13H7Br2N3O3/c14-10-4-9(18(19)20)5-11(15)13(10)21-7-8-2-1-3-17-12(8)6-16/h1-5H,7H2. The molecule has 0 aliphatic heterocycles. The summed E-state index contributed by atoms with van der Waals surface area (Å²) in [4.78, 5) is 14.2. The molecule has 0 aliphatic carbocycles. The first kappa shape index (κ1) is 15.4. The number of aromatic nitrogens is 1. The Morgan fingerprint density at radius 2 is 2.05 bits per heavy atom. The molecule has 1 aromatic carbocycles. The van der Waals surface area contributed by atoms with Crippen LogP contribution in [0.3, 0.4) is 0 Å². The number of non-ortho nitro benzene ring substituents is 1. The molecule has 0 spiro atoms. The summed E-state index contributed by atoms with van der Waals surface area (Å²) in [7, 11) is 0. The highest BCUT2D eigenvalue weighted by atomic mass is 79.9. The predicted molar refractivity (Wildman–Crippen MR) is 81.8 cm³/mol. The van der Waals surface area contributed by atoms with Crippen LogP contribution in [-0.2, 0) is 6.61 Å². The molecule has 2 rings (SSSR count). The first-order valence-corrected chi connectivity index (χ1v) is 7.21. The molecule has 6 nitrogen and oxygen atoms in total. The topological polar surface area (TPSA) is 89.0 Å². The molecule has 0 saturated heterocycles. The highest BCUT2D eigenvalue weighted by molar-refractivity contribution is 9.11. The van der Waals surface area contributed by atoms with E-state index in [4.69, 9.17) is 10.00 Å². The quantitative estimate of drug-likeness (QED) is 0.559. The molecule has 0 amide bonds. The molecule has 0 radical (unpaired) electrons. The van der Waals surface area contributed by atoms with Gasteiger partial charge in [-0.3, -0.25) is 10.1 Å². The summed E-state index contributed by atoms with van der Waals surface area (Å²) >= 11 is 6.47. The van der Waals surface area contributed by atoms with Gasteiger partial charge in [0, 0.05) is 23.9 Å². The molecular formula is C13H7Br2N3O3. The van der Waals surface area contributed by atoms with Gasteiger partial charge in [0.1, 0.15) is 24.1 Å². The minimum atomic E-state index is -0.492. The van der Waals surface area contributed by atoms with Crippen molar-refractivity contribution in [2.75, 3.05) is 0 Å².